The van der Waals surface area contributed by atoms with Crippen molar-refractivity contribution in [3.8, 4) is 23.0 Å². The van der Waals surface area contributed by atoms with Gasteiger partial charge < -0.3 is 47.4 Å². The SMILES string of the molecule is C=CC(=O)OCCCCOc1ccc(/C=C/C(=O)Oc2ccc(C(=O)O[C@H]3COC4C3OC[C@H]4OC(=O)c3ccc(OC(=O)/C=C/c4ccc(OCCCCOC(=O)C=C)cc4)cc3)cc2)cc1. The molecule has 0 bridgehead atoms. The van der Waals surface area contributed by atoms with E-state index in [0.29, 0.717) is 63.6 Å². The zero-order valence-corrected chi connectivity index (χ0v) is 37.0. The van der Waals surface area contributed by atoms with Gasteiger partial charge in [0.2, 0.25) is 0 Å². The topological polar surface area (TPSA) is 195 Å². The summed E-state index contributed by atoms with van der Waals surface area (Å²) in [7, 11) is 0. The second-order valence-corrected chi connectivity index (χ2v) is 15.0. The molecule has 2 aliphatic rings. The van der Waals surface area contributed by atoms with E-state index < -0.39 is 60.2 Å². The van der Waals surface area contributed by atoms with Gasteiger partial charge in [0, 0.05) is 24.3 Å². The summed E-state index contributed by atoms with van der Waals surface area (Å²) in [6, 6.07) is 26.0. The van der Waals surface area contributed by atoms with E-state index in [0.717, 1.165) is 23.3 Å². The Kier molecular flexibility index (Phi) is 18.8. The Morgan fingerprint density at radius 1 is 0.471 bits per heavy atom. The van der Waals surface area contributed by atoms with Gasteiger partial charge in [0.15, 0.2) is 12.2 Å². The monoisotopic (exact) mass is 930 g/mol. The summed E-state index contributed by atoms with van der Waals surface area (Å²) in [4.78, 5) is 73.2. The summed E-state index contributed by atoms with van der Waals surface area (Å²) in [6.45, 7) is 8.26. The molecule has 354 valence electrons. The van der Waals surface area contributed by atoms with Crippen LogP contribution in [0.4, 0.5) is 0 Å². The molecule has 0 aliphatic carbocycles. The van der Waals surface area contributed by atoms with Gasteiger partial charge in [-0.2, -0.15) is 0 Å². The maximum Gasteiger partial charge on any atom is 0.338 e. The Bertz CT molecular complexity index is 2250. The molecule has 4 aromatic rings. The Morgan fingerprint density at radius 2 is 0.824 bits per heavy atom. The van der Waals surface area contributed by atoms with Crippen LogP contribution in [0.25, 0.3) is 12.2 Å². The first kappa shape index (κ1) is 49.6. The van der Waals surface area contributed by atoms with Crippen LogP contribution in [0.3, 0.4) is 0 Å². The highest BCUT2D eigenvalue weighted by Gasteiger charge is 2.51. The van der Waals surface area contributed by atoms with E-state index in [1.165, 1.54) is 60.7 Å². The molecule has 2 fully saturated rings. The number of hydrogen-bond acceptors (Lipinski definition) is 16. The number of carbonyl (C=O) groups is 6. The molecule has 2 saturated heterocycles. The van der Waals surface area contributed by atoms with Gasteiger partial charge in [0.05, 0.1) is 50.8 Å². The van der Waals surface area contributed by atoms with Gasteiger partial charge in [-0.05, 0) is 122 Å². The van der Waals surface area contributed by atoms with Gasteiger partial charge in [-0.3, -0.25) is 0 Å². The minimum atomic E-state index is -0.763. The first-order valence-electron chi connectivity index (χ1n) is 21.8. The molecule has 0 saturated carbocycles. The third-order valence-corrected chi connectivity index (χ3v) is 10.1. The quantitative estimate of drug-likeness (QED) is 0.0224. The van der Waals surface area contributed by atoms with E-state index in [2.05, 4.69) is 13.2 Å². The zero-order chi connectivity index (χ0) is 48.1. The Balaban J connectivity index is 0.867. The lowest BCUT2D eigenvalue weighted by molar-refractivity contribution is -0.138. The predicted molar refractivity (Wildman–Crippen MR) is 245 cm³/mol. The molecule has 0 aromatic heterocycles. The Labute approximate surface area is 392 Å². The fraction of sp³-hybridized carbons (Fsp3) is 0.269. The van der Waals surface area contributed by atoms with E-state index in [9.17, 15) is 28.8 Å². The fourth-order valence-corrected chi connectivity index (χ4v) is 6.59. The standard InChI is InChI=1S/C52H50O16/c1-3-45(53)61-31-7-5-29-59-39-19-9-35(10-20-39)13-27-47(55)65-41-23-15-37(16-24-41)51(57)67-43-33-63-50-44(34-64-49(43)50)68-52(58)38-17-25-42(26-18-38)66-48(56)28-14-36-11-21-40(22-12-36)60-30-6-8-32-62-46(54)4-2/h3-4,9-28,43-44,49-50H,1-2,5-8,29-34H2/b27-13+,28-14+/t43-,44+,49?,50?. The normalized spacial score (nSPS) is 17.1. The lowest BCUT2D eigenvalue weighted by atomic mass is 10.1. The largest absolute Gasteiger partial charge is 0.494 e. The first-order valence-corrected chi connectivity index (χ1v) is 21.8. The minimum absolute atomic E-state index is 0.0248. The van der Waals surface area contributed by atoms with Crippen molar-refractivity contribution in [3.05, 3.63) is 157 Å². The average Bonchev–Trinajstić information content (AvgIpc) is 3.95. The molecule has 0 N–H and O–H groups in total. The molecule has 6 rings (SSSR count). The van der Waals surface area contributed by atoms with Crippen molar-refractivity contribution < 1.29 is 76.1 Å². The highest BCUT2D eigenvalue weighted by Crippen LogP contribution is 2.32. The smallest absolute Gasteiger partial charge is 0.338 e. The minimum Gasteiger partial charge on any atom is -0.494 e. The van der Waals surface area contributed by atoms with Crippen LogP contribution in [0.15, 0.2) is 135 Å². The lowest BCUT2D eigenvalue weighted by Gasteiger charge is -2.17. The van der Waals surface area contributed by atoms with E-state index in [1.807, 2.05) is 0 Å². The third-order valence-electron chi connectivity index (χ3n) is 10.1. The van der Waals surface area contributed by atoms with E-state index in [-0.39, 0.29) is 35.8 Å². The van der Waals surface area contributed by atoms with Crippen molar-refractivity contribution in [2.24, 2.45) is 0 Å². The summed E-state index contributed by atoms with van der Waals surface area (Å²) in [5, 5.41) is 0. The van der Waals surface area contributed by atoms with Crippen LogP contribution in [0.1, 0.15) is 57.5 Å². The van der Waals surface area contributed by atoms with Gasteiger partial charge in [0.1, 0.15) is 35.2 Å². The second kappa shape index (κ2) is 25.8. The number of ether oxygens (including phenoxy) is 10. The molecule has 16 heteroatoms. The summed E-state index contributed by atoms with van der Waals surface area (Å²) in [5.74, 6) is -1.68. The summed E-state index contributed by atoms with van der Waals surface area (Å²) in [6.07, 6.45) is 7.87. The van der Waals surface area contributed by atoms with Crippen LogP contribution >= 0.6 is 0 Å². The molecule has 2 heterocycles. The van der Waals surface area contributed by atoms with E-state index in [1.54, 1.807) is 60.7 Å². The maximum atomic E-state index is 13.0. The third kappa shape index (κ3) is 15.7. The van der Waals surface area contributed by atoms with Gasteiger partial charge in [0.25, 0.3) is 0 Å². The van der Waals surface area contributed by atoms with Crippen molar-refractivity contribution in [2.45, 2.75) is 50.1 Å². The molecular weight excluding hydrogens is 881 g/mol. The average molecular weight is 931 g/mol. The van der Waals surface area contributed by atoms with E-state index in [4.69, 9.17) is 47.4 Å². The fourth-order valence-electron chi connectivity index (χ4n) is 6.59. The number of unbranched alkanes of at least 4 members (excludes halogenated alkanes) is 2. The molecule has 0 spiro atoms. The molecular formula is C52H50O16. The molecule has 4 aromatic carbocycles. The Hall–Kier alpha value is -7.82. The molecule has 0 amide bonds. The number of rotatable bonds is 24. The van der Waals surface area contributed by atoms with Crippen molar-refractivity contribution in [3.63, 3.8) is 0 Å². The van der Waals surface area contributed by atoms with Gasteiger partial charge in [-0.25, -0.2) is 28.8 Å². The Morgan fingerprint density at radius 3 is 1.19 bits per heavy atom. The number of carbonyl (C=O) groups excluding carboxylic acids is 6. The summed E-state index contributed by atoms with van der Waals surface area (Å²) < 4.78 is 55.1. The molecule has 16 nitrogen and oxygen atoms in total. The number of fused-ring (bicyclic) bond motifs is 1. The molecule has 68 heavy (non-hydrogen) atoms. The van der Waals surface area contributed by atoms with Crippen LogP contribution < -0.4 is 18.9 Å². The van der Waals surface area contributed by atoms with Crippen molar-refractivity contribution in [1.29, 1.82) is 0 Å². The number of esters is 6. The first-order chi connectivity index (χ1) is 33.1. The molecule has 0 radical (unpaired) electrons. The maximum absolute atomic E-state index is 13.0. The summed E-state index contributed by atoms with van der Waals surface area (Å²) >= 11 is 0. The molecule has 2 unspecified atom stereocenters. The predicted octanol–water partition coefficient (Wildman–Crippen LogP) is 7.25. The highest BCUT2D eigenvalue weighted by molar-refractivity contribution is 5.92. The van der Waals surface area contributed by atoms with Gasteiger partial charge >= 0.3 is 35.8 Å². The van der Waals surface area contributed by atoms with Crippen LogP contribution in [0.2, 0.25) is 0 Å². The van der Waals surface area contributed by atoms with Gasteiger partial charge in [-0.15, -0.1) is 0 Å². The van der Waals surface area contributed by atoms with E-state index >= 15 is 0 Å². The highest BCUT2D eigenvalue weighted by atomic mass is 16.7. The van der Waals surface area contributed by atoms with Crippen LogP contribution in [-0.2, 0) is 47.6 Å². The van der Waals surface area contributed by atoms with Gasteiger partial charge in [-0.1, -0.05) is 37.4 Å². The van der Waals surface area contributed by atoms with Crippen molar-refractivity contribution in [1.82, 2.24) is 0 Å². The van der Waals surface area contributed by atoms with Crippen molar-refractivity contribution in [2.75, 3.05) is 39.6 Å². The van der Waals surface area contributed by atoms with Crippen LogP contribution in [0.5, 0.6) is 23.0 Å². The number of benzene rings is 4. The van der Waals surface area contributed by atoms with Crippen LogP contribution in [0, 0.1) is 0 Å². The number of hydrogen-bond donors (Lipinski definition) is 0. The molecule has 2 aliphatic heterocycles. The zero-order valence-electron chi connectivity index (χ0n) is 37.0. The molecule has 4 atom stereocenters. The lowest BCUT2D eigenvalue weighted by Crippen LogP contribution is -2.36. The van der Waals surface area contributed by atoms with Crippen molar-refractivity contribution >= 4 is 48.0 Å². The summed E-state index contributed by atoms with van der Waals surface area (Å²) in [5.41, 5.74) is 1.92. The van der Waals surface area contributed by atoms with Crippen LogP contribution in [-0.4, -0.2) is 99.9 Å². The second-order valence-electron chi connectivity index (χ2n) is 15.0.